The van der Waals surface area contributed by atoms with Gasteiger partial charge in [-0.25, -0.2) is 4.68 Å². The van der Waals surface area contributed by atoms with Crippen LogP contribution in [0, 0.1) is 6.92 Å². The van der Waals surface area contributed by atoms with E-state index in [0.29, 0.717) is 12.2 Å². The summed E-state index contributed by atoms with van der Waals surface area (Å²) in [5.41, 5.74) is 2.44. The molecule has 0 bridgehead atoms. The van der Waals surface area contributed by atoms with Crippen molar-refractivity contribution in [3.05, 3.63) is 72.1 Å². The van der Waals surface area contributed by atoms with Gasteiger partial charge in [0.05, 0.1) is 11.9 Å². The summed E-state index contributed by atoms with van der Waals surface area (Å²) in [6.07, 6.45) is 1.64. The molecule has 24 heavy (non-hydrogen) atoms. The van der Waals surface area contributed by atoms with E-state index in [0.717, 1.165) is 11.4 Å². The average molecular weight is 338 g/mol. The van der Waals surface area contributed by atoms with E-state index in [1.165, 1.54) is 10.5 Å². The van der Waals surface area contributed by atoms with Gasteiger partial charge < -0.3 is 5.32 Å². The van der Waals surface area contributed by atoms with Crippen molar-refractivity contribution in [3.63, 3.8) is 0 Å². The Balaban J connectivity index is 1.49. The second kappa shape index (κ2) is 7.79. The fourth-order valence-corrected chi connectivity index (χ4v) is 2.90. The molecule has 6 heteroatoms. The number of hydrogen-bond donors (Lipinski definition) is 1. The van der Waals surface area contributed by atoms with Gasteiger partial charge in [-0.2, -0.15) is 0 Å². The summed E-state index contributed by atoms with van der Waals surface area (Å²) in [6.45, 7) is 2.65. The number of carbonyl (C=O) groups is 1. The molecule has 0 saturated heterocycles. The predicted octanol–water partition coefficient (Wildman–Crippen LogP) is 3.10. The molecule has 0 radical (unpaired) electrons. The maximum atomic E-state index is 12.1. The minimum atomic E-state index is -0.207. The van der Waals surface area contributed by atoms with Crippen molar-refractivity contribution in [1.29, 1.82) is 0 Å². The van der Waals surface area contributed by atoms with Gasteiger partial charge in [0.1, 0.15) is 0 Å². The topological polar surface area (TPSA) is 59.8 Å². The maximum absolute atomic E-state index is 12.1. The molecular formula is C18H18N4OS. The summed E-state index contributed by atoms with van der Waals surface area (Å²) in [4.78, 5) is 13.3. The van der Waals surface area contributed by atoms with Crippen LogP contribution in [0.3, 0.4) is 0 Å². The summed E-state index contributed by atoms with van der Waals surface area (Å²) in [5.74, 6) is 0.600. The third-order valence-electron chi connectivity index (χ3n) is 3.42. The van der Waals surface area contributed by atoms with Crippen LogP contribution in [0.2, 0.25) is 0 Å². The van der Waals surface area contributed by atoms with Crippen LogP contribution < -0.4 is 5.32 Å². The molecule has 0 unspecified atom stereocenters. The first-order chi connectivity index (χ1) is 11.7. The molecule has 0 atom stereocenters. The van der Waals surface area contributed by atoms with Crippen LogP contribution in [0.15, 0.2) is 65.7 Å². The zero-order valence-corrected chi connectivity index (χ0v) is 14.2. The van der Waals surface area contributed by atoms with Crippen molar-refractivity contribution in [3.8, 4) is 5.69 Å². The van der Waals surface area contributed by atoms with Crippen molar-refractivity contribution in [1.82, 2.24) is 20.3 Å². The number of rotatable bonds is 6. The number of nitrogens with one attached hydrogen (secondary N) is 1. The van der Waals surface area contributed by atoms with Crippen LogP contribution >= 0.6 is 11.8 Å². The van der Waals surface area contributed by atoms with Crippen LogP contribution in [0.1, 0.15) is 16.1 Å². The van der Waals surface area contributed by atoms with Crippen LogP contribution in [0.25, 0.3) is 5.69 Å². The monoisotopic (exact) mass is 338 g/mol. The lowest BCUT2D eigenvalue weighted by molar-refractivity contribution is 0.0951. The first-order valence-electron chi connectivity index (χ1n) is 7.68. The molecule has 5 nitrogen and oxygen atoms in total. The van der Waals surface area contributed by atoms with E-state index in [1.807, 2.05) is 30.3 Å². The number of amides is 1. The first kappa shape index (κ1) is 16.3. The van der Waals surface area contributed by atoms with Crippen LogP contribution in [-0.2, 0) is 0 Å². The average Bonchev–Trinajstić information content (AvgIpc) is 3.11. The molecule has 3 rings (SSSR count). The molecule has 1 N–H and O–H groups in total. The van der Waals surface area contributed by atoms with Gasteiger partial charge in [0.15, 0.2) is 5.69 Å². The van der Waals surface area contributed by atoms with E-state index in [2.05, 4.69) is 46.8 Å². The Labute approximate surface area is 145 Å². The largest absolute Gasteiger partial charge is 0.350 e. The lowest BCUT2D eigenvalue weighted by atomic mass is 10.2. The van der Waals surface area contributed by atoms with Gasteiger partial charge in [-0.15, -0.1) is 16.9 Å². The number of para-hydroxylation sites is 1. The SMILES string of the molecule is Cc1ccc(SCCNC(=O)c2cn(-c3ccccc3)nn2)cc1. The van der Waals surface area contributed by atoms with E-state index >= 15 is 0 Å². The molecule has 0 spiro atoms. The molecule has 2 aromatic carbocycles. The lowest BCUT2D eigenvalue weighted by Gasteiger charge is -2.03. The highest BCUT2D eigenvalue weighted by atomic mass is 32.2. The van der Waals surface area contributed by atoms with Gasteiger partial charge in [-0.05, 0) is 31.2 Å². The van der Waals surface area contributed by atoms with E-state index in [1.54, 1.807) is 22.6 Å². The Morgan fingerprint density at radius 3 is 2.62 bits per heavy atom. The molecule has 0 fully saturated rings. The van der Waals surface area contributed by atoms with Gasteiger partial charge in [0.25, 0.3) is 5.91 Å². The second-order valence-corrected chi connectivity index (χ2v) is 6.47. The van der Waals surface area contributed by atoms with Crippen molar-refractivity contribution < 1.29 is 4.79 Å². The summed E-state index contributed by atoms with van der Waals surface area (Å²) < 4.78 is 1.59. The van der Waals surface area contributed by atoms with Gasteiger partial charge in [-0.3, -0.25) is 4.79 Å². The summed E-state index contributed by atoms with van der Waals surface area (Å²) in [7, 11) is 0. The molecule has 122 valence electrons. The van der Waals surface area contributed by atoms with Gasteiger partial charge in [0, 0.05) is 17.2 Å². The van der Waals surface area contributed by atoms with E-state index in [4.69, 9.17) is 0 Å². The highest BCUT2D eigenvalue weighted by molar-refractivity contribution is 7.99. The minimum Gasteiger partial charge on any atom is -0.350 e. The zero-order chi connectivity index (χ0) is 16.8. The normalized spacial score (nSPS) is 10.5. The molecule has 1 amide bonds. The Morgan fingerprint density at radius 1 is 1.12 bits per heavy atom. The predicted molar refractivity (Wildman–Crippen MR) is 95.6 cm³/mol. The standard InChI is InChI=1S/C18H18N4OS/c1-14-7-9-16(10-8-14)24-12-11-19-18(23)17-13-22(21-20-17)15-5-3-2-4-6-15/h2-10,13H,11-12H2,1H3,(H,19,23). The summed E-state index contributed by atoms with van der Waals surface area (Å²) >= 11 is 1.71. The quantitative estimate of drug-likeness (QED) is 0.554. The molecule has 0 saturated carbocycles. The van der Waals surface area contributed by atoms with E-state index in [9.17, 15) is 4.79 Å². The Kier molecular flexibility index (Phi) is 5.28. The molecule has 3 aromatic rings. The Bertz CT molecular complexity index is 799. The number of aryl methyl sites for hydroxylation is 1. The number of aromatic nitrogens is 3. The maximum Gasteiger partial charge on any atom is 0.273 e. The number of benzene rings is 2. The fraction of sp³-hybridized carbons (Fsp3) is 0.167. The fourth-order valence-electron chi connectivity index (χ4n) is 2.13. The molecule has 0 aliphatic carbocycles. The highest BCUT2D eigenvalue weighted by Gasteiger charge is 2.10. The molecule has 0 aliphatic heterocycles. The van der Waals surface area contributed by atoms with Crippen molar-refractivity contribution in [2.24, 2.45) is 0 Å². The van der Waals surface area contributed by atoms with Crippen molar-refractivity contribution >= 4 is 17.7 Å². The Morgan fingerprint density at radius 2 is 1.88 bits per heavy atom. The summed E-state index contributed by atoms with van der Waals surface area (Å²) in [5, 5.41) is 10.8. The van der Waals surface area contributed by atoms with E-state index in [-0.39, 0.29) is 5.91 Å². The third kappa shape index (κ3) is 4.23. The first-order valence-corrected chi connectivity index (χ1v) is 8.66. The van der Waals surface area contributed by atoms with Gasteiger partial charge >= 0.3 is 0 Å². The highest BCUT2D eigenvalue weighted by Crippen LogP contribution is 2.17. The third-order valence-corrected chi connectivity index (χ3v) is 4.44. The minimum absolute atomic E-state index is 0.207. The van der Waals surface area contributed by atoms with Gasteiger partial charge in [0.2, 0.25) is 0 Å². The molecule has 1 aromatic heterocycles. The summed E-state index contributed by atoms with van der Waals surface area (Å²) in [6, 6.07) is 17.9. The van der Waals surface area contributed by atoms with Crippen molar-refractivity contribution in [2.45, 2.75) is 11.8 Å². The number of thioether (sulfide) groups is 1. The molecular weight excluding hydrogens is 320 g/mol. The zero-order valence-electron chi connectivity index (χ0n) is 13.3. The Hall–Kier alpha value is -2.60. The molecule has 0 aliphatic rings. The van der Waals surface area contributed by atoms with Crippen LogP contribution in [0.5, 0.6) is 0 Å². The number of nitrogens with zero attached hydrogens (tertiary/aromatic N) is 3. The van der Waals surface area contributed by atoms with Crippen LogP contribution in [-0.4, -0.2) is 33.2 Å². The van der Waals surface area contributed by atoms with Crippen molar-refractivity contribution in [2.75, 3.05) is 12.3 Å². The van der Waals surface area contributed by atoms with Gasteiger partial charge in [-0.1, -0.05) is 41.1 Å². The lowest BCUT2D eigenvalue weighted by Crippen LogP contribution is -2.26. The number of hydrogen-bond acceptors (Lipinski definition) is 4. The molecule has 1 heterocycles. The van der Waals surface area contributed by atoms with Crippen LogP contribution in [0.4, 0.5) is 0 Å². The smallest absolute Gasteiger partial charge is 0.273 e. The van der Waals surface area contributed by atoms with E-state index < -0.39 is 0 Å². The number of carbonyl (C=O) groups excluding carboxylic acids is 1. The second-order valence-electron chi connectivity index (χ2n) is 5.30.